The molecule has 0 bridgehead atoms. The lowest BCUT2D eigenvalue weighted by molar-refractivity contribution is -0.158. The van der Waals surface area contributed by atoms with Crippen LogP contribution in [0.4, 0.5) is 11.4 Å². The molecule has 158 valence electrons. The highest BCUT2D eigenvalue weighted by atomic mass is 16.5. The maximum atomic E-state index is 12.4. The molecule has 2 aliphatic rings. The molecule has 1 saturated heterocycles. The highest BCUT2D eigenvalue weighted by Gasteiger charge is 2.47. The fraction of sp³-hybridized carbons (Fsp3) is 0.381. The number of hydrogen-bond acceptors (Lipinski definition) is 6. The number of likely N-dealkylation sites (tertiary alicyclic amines) is 1. The highest BCUT2D eigenvalue weighted by molar-refractivity contribution is 6.07. The van der Waals surface area contributed by atoms with Crippen LogP contribution < -0.4 is 10.6 Å². The Hall–Kier alpha value is -3.49. The van der Waals surface area contributed by atoms with Gasteiger partial charge in [-0.3, -0.25) is 28.9 Å². The minimum atomic E-state index is -1.12. The number of hydrogen-bond donors (Lipinski definition) is 2. The molecule has 0 unspecified atom stereocenters. The second-order valence-electron chi connectivity index (χ2n) is 7.30. The van der Waals surface area contributed by atoms with Crippen LogP contribution in [0.2, 0.25) is 0 Å². The first-order valence-corrected chi connectivity index (χ1v) is 9.64. The van der Waals surface area contributed by atoms with E-state index in [0.717, 1.165) is 4.90 Å². The van der Waals surface area contributed by atoms with Crippen LogP contribution in [0.1, 0.15) is 26.7 Å². The van der Waals surface area contributed by atoms with E-state index < -0.39 is 36.4 Å². The van der Waals surface area contributed by atoms with Crippen molar-refractivity contribution < 1.29 is 28.7 Å². The molecule has 3 atom stereocenters. The number of allylic oxidation sites excluding steroid dienone is 2. The number of benzene rings is 1. The fourth-order valence-electron chi connectivity index (χ4n) is 3.53. The van der Waals surface area contributed by atoms with Crippen LogP contribution >= 0.6 is 0 Å². The molecule has 2 N–H and O–H groups in total. The maximum absolute atomic E-state index is 12.4. The summed E-state index contributed by atoms with van der Waals surface area (Å²) in [5.74, 6) is -3.18. The van der Waals surface area contributed by atoms with Crippen molar-refractivity contribution >= 4 is 41.0 Å². The summed E-state index contributed by atoms with van der Waals surface area (Å²) in [6, 6.07) is 6.42. The summed E-state index contributed by atoms with van der Waals surface area (Å²) in [5, 5.41) is 5.20. The van der Waals surface area contributed by atoms with Gasteiger partial charge in [-0.15, -0.1) is 0 Å². The Kier molecular flexibility index (Phi) is 6.29. The van der Waals surface area contributed by atoms with Crippen LogP contribution in [0.5, 0.6) is 0 Å². The molecule has 0 aromatic heterocycles. The topological polar surface area (TPSA) is 122 Å². The zero-order valence-corrected chi connectivity index (χ0v) is 16.7. The van der Waals surface area contributed by atoms with Crippen LogP contribution in [0, 0.1) is 11.8 Å². The van der Waals surface area contributed by atoms with Crippen LogP contribution in [-0.2, 0) is 28.7 Å². The predicted molar refractivity (Wildman–Crippen MR) is 107 cm³/mol. The molecule has 0 saturated carbocycles. The molecule has 1 aliphatic heterocycles. The minimum Gasteiger partial charge on any atom is -0.451 e. The molecule has 1 fully saturated rings. The third-order valence-electron chi connectivity index (χ3n) is 5.04. The molecular formula is C21H23N3O6. The Labute approximate surface area is 173 Å². The van der Waals surface area contributed by atoms with Gasteiger partial charge in [0.05, 0.1) is 11.8 Å². The minimum absolute atomic E-state index is 0.210. The molecule has 30 heavy (non-hydrogen) atoms. The molecule has 0 spiro atoms. The normalized spacial score (nSPS) is 21.1. The van der Waals surface area contributed by atoms with Gasteiger partial charge in [-0.25, -0.2) is 0 Å². The number of fused-ring (bicyclic) bond motifs is 1. The third-order valence-corrected chi connectivity index (χ3v) is 5.04. The lowest BCUT2D eigenvalue weighted by Crippen LogP contribution is -2.39. The van der Waals surface area contributed by atoms with E-state index in [1.54, 1.807) is 24.3 Å². The zero-order chi connectivity index (χ0) is 21.8. The summed E-state index contributed by atoms with van der Waals surface area (Å²) in [5.41, 5.74) is 1.04. The van der Waals surface area contributed by atoms with Crippen molar-refractivity contribution in [2.75, 3.05) is 17.2 Å². The van der Waals surface area contributed by atoms with Crippen molar-refractivity contribution in [1.29, 1.82) is 0 Å². The predicted octanol–water partition coefficient (Wildman–Crippen LogP) is 1.47. The zero-order valence-electron chi connectivity index (χ0n) is 16.7. The van der Waals surface area contributed by atoms with Gasteiger partial charge in [-0.2, -0.15) is 0 Å². The van der Waals surface area contributed by atoms with E-state index in [2.05, 4.69) is 10.6 Å². The van der Waals surface area contributed by atoms with Gasteiger partial charge in [0, 0.05) is 18.3 Å². The number of amides is 4. The summed E-state index contributed by atoms with van der Waals surface area (Å²) in [7, 11) is 0. The van der Waals surface area contributed by atoms with E-state index >= 15 is 0 Å². The average Bonchev–Trinajstić information content (AvgIpc) is 2.94. The number of carbonyl (C=O) groups is 5. The second-order valence-corrected chi connectivity index (χ2v) is 7.30. The summed E-state index contributed by atoms with van der Waals surface area (Å²) in [6.07, 6.45) is 3.58. The maximum Gasteiger partial charge on any atom is 0.326 e. The fourth-order valence-corrected chi connectivity index (χ4v) is 3.53. The van der Waals surface area contributed by atoms with Gasteiger partial charge in [-0.1, -0.05) is 12.2 Å². The third kappa shape index (κ3) is 4.73. The highest BCUT2D eigenvalue weighted by Crippen LogP contribution is 2.34. The Bertz CT molecular complexity index is 882. The number of carbonyl (C=O) groups excluding carboxylic acids is 5. The number of esters is 1. The molecule has 9 nitrogen and oxygen atoms in total. The number of ether oxygens (including phenoxy) is 1. The van der Waals surface area contributed by atoms with Crippen molar-refractivity contribution in [1.82, 2.24) is 4.90 Å². The van der Waals surface area contributed by atoms with Gasteiger partial charge in [0.15, 0.2) is 6.10 Å². The Morgan fingerprint density at radius 2 is 1.50 bits per heavy atom. The lowest BCUT2D eigenvalue weighted by Gasteiger charge is -2.17. The van der Waals surface area contributed by atoms with E-state index in [0.29, 0.717) is 24.2 Å². The first kappa shape index (κ1) is 21.2. The molecule has 0 radical (unpaired) electrons. The Morgan fingerprint density at radius 3 is 2.00 bits per heavy atom. The summed E-state index contributed by atoms with van der Waals surface area (Å²) < 4.78 is 5.10. The van der Waals surface area contributed by atoms with Crippen LogP contribution in [0.15, 0.2) is 36.4 Å². The molecule has 3 rings (SSSR count). The van der Waals surface area contributed by atoms with Gasteiger partial charge >= 0.3 is 5.97 Å². The van der Waals surface area contributed by atoms with E-state index in [1.807, 2.05) is 12.2 Å². The van der Waals surface area contributed by atoms with Gasteiger partial charge in [0.1, 0.15) is 6.54 Å². The van der Waals surface area contributed by atoms with Crippen molar-refractivity contribution in [2.45, 2.75) is 32.8 Å². The van der Waals surface area contributed by atoms with Crippen molar-refractivity contribution in [3.8, 4) is 0 Å². The SMILES string of the molecule is CC(=O)Nc1ccc(NC(=O)[C@H](C)OC(=O)CN2C(=O)[C@H]3CC=CC[C@H]3C2=O)cc1. The lowest BCUT2D eigenvalue weighted by atomic mass is 9.85. The summed E-state index contributed by atoms with van der Waals surface area (Å²) in [6.45, 7) is 2.28. The van der Waals surface area contributed by atoms with Crippen molar-refractivity contribution in [2.24, 2.45) is 11.8 Å². The van der Waals surface area contributed by atoms with Gasteiger partial charge in [0.2, 0.25) is 17.7 Å². The molecule has 1 aromatic rings. The monoisotopic (exact) mass is 413 g/mol. The summed E-state index contributed by atoms with van der Waals surface area (Å²) in [4.78, 5) is 61.2. The van der Waals surface area contributed by atoms with Crippen molar-refractivity contribution in [3.05, 3.63) is 36.4 Å². The van der Waals surface area contributed by atoms with Crippen LogP contribution in [0.3, 0.4) is 0 Å². The molecule has 1 aromatic carbocycles. The average molecular weight is 413 g/mol. The van der Waals surface area contributed by atoms with Crippen molar-refractivity contribution in [3.63, 3.8) is 0 Å². The number of rotatable bonds is 6. The Morgan fingerprint density at radius 1 is 1.00 bits per heavy atom. The van der Waals surface area contributed by atoms with Gasteiger partial charge < -0.3 is 15.4 Å². The Balaban J connectivity index is 1.51. The molecule has 4 amide bonds. The standard InChI is InChI=1S/C21H23N3O6/c1-12(19(27)23-15-9-7-14(8-10-15)22-13(2)25)30-18(26)11-24-20(28)16-5-3-4-6-17(16)21(24)29/h3-4,7-10,12,16-17H,5-6,11H2,1-2H3,(H,22,25)(H,23,27)/t12-,16-,17+/m0/s1. The quantitative estimate of drug-likeness (QED) is 0.414. The number of nitrogens with zero attached hydrogens (tertiary/aromatic N) is 1. The number of imide groups is 1. The second kappa shape index (κ2) is 8.89. The molecule has 1 heterocycles. The van der Waals surface area contributed by atoms with Crippen LogP contribution in [-0.4, -0.2) is 47.1 Å². The van der Waals surface area contributed by atoms with E-state index in [9.17, 15) is 24.0 Å². The summed E-state index contributed by atoms with van der Waals surface area (Å²) >= 11 is 0. The largest absolute Gasteiger partial charge is 0.451 e. The smallest absolute Gasteiger partial charge is 0.326 e. The molecule has 9 heteroatoms. The van der Waals surface area contributed by atoms with Gasteiger partial charge in [0.25, 0.3) is 5.91 Å². The number of anilines is 2. The van der Waals surface area contributed by atoms with E-state index in [4.69, 9.17) is 4.74 Å². The van der Waals surface area contributed by atoms with E-state index in [-0.39, 0.29) is 17.7 Å². The first-order chi connectivity index (χ1) is 14.3. The number of nitrogens with one attached hydrogen (secondary N) is 2. The van der Waals surface area contributed by atoms with Gasteiger partial charge in [-0.05, 0) is 44.0 Å². The molecular weight excluding hydrogens is 390 g/mol. The van der Waals surface area contributed by atoms with E-state index in [1.165, 1.54) is 13.8 Å². The molecule has 1 aliphatic carbocycles. The van der Waals surface area contributed by atoms with Crippen LogP contribution in [0.25, 0.3) is 0 Å². The first-order valence-electron chi connectivity index (χ1n) is 9.64.